The summed E-state index contributed by atoms with van der Waals surface area (Å²) in [4.78, 5) is 13.1. The lowest BCUT2D eigenvalue weighted by molar-refractivity contribution is 0.0955. The van der Waals surface area contributed by atoms with E-state index in [1.165, 1.54) is 11.3 Å². The topological polar surface area (TPSA) is 84.0 Å². The first-order valence-corrected chi connectivity index (χ1v) is 11.3. The third-order valence-corrected chi connectivity index (χ3v) is 6.20. The summed E-state index contributed by atoms with van der Waals surface area (Å²) in [7, 11) is 1.64. The lowest BCUT2D eigenvalue weighted by atomic mass is 9.96. The fourth-order valence-corrected chi connectivity index (χ4v) is 4.23. The minimum atomic E-state index is -0.306. The molecule has 1 aromatic heterocycles. The van der Waals surface area contributed by atoms with Crippen LogP contribution < -0.4 is 25.8 Å². The van der Waals surface area contributed by atoms with E-state index in [1.807, 2.05) is 53.9 Å². The number of amides is 1. The number of carbonyl (C=O) groups excluding carboxylic acids is 1. The normalized spacial score (nSPS) is 18.1. The molecule has 2 heterocycles. The molecule has 0 bridgehead atoms. The first kappa shape index (κ1) is 22.3. The van der Waals surface area contributed by atoms with E-state index in [0.29, 0.717) is 28.8 Å². The van der Waals surface area contributed by atoms with E-state index >= 15 is 0 Å². The Morgan fingerprint density at radius 1 is 1.28 bits per heavy atom. The first-order chi connectivity index (χ1) is 15.6. The molecule has 1 aliphatic rings. The Kier molecular flexibility index (Phi) is 7.39. The number of hydrogen-bond acceptors (Lipinski definition) is 7. The molecule has 2 atom stereocenters. The zero-order valence-corrected chi connectivity index (χ0v) is 19.0. The maximum Gasteiger partial charge on any atom is 0.285 e. The van der Waals surface area contributed by atoms with Crippen LogP contribution in [0, 0.1) is 5.92 Å². The number of nitrogens with zero attached hydrogens (tertiary/aromatic N) is 1. The van der Waals surface area contributed by atoms with Crippen molar-refractivity contribution in [1.29, 1.82) is 0 Å². The van der Waals surface area contributed by atoms with Crippen molar-refractivity contribution >= 4 is 35.1 Å². The zero-order valence-electron chi connectivity index (χ0n) is 17.4. The Morgan fingerprint density at radius 2 is 2.12 bits per heavy atom. The number of ether oxygens (including phenoxy) is 2. The molecule has 1 amide bonds. The van der Waals surface area contributed by atoms with Gasteiger partial charge in [0.15, 0.2) is 0 Å². The van der Waals surface area contributed by atoms with E-state index in [-0.39, 0.29) is 17.9 Å². The summed E-state index contributed by atoms with van der Waals surface area (Å²) < 4.78 is 11.1. The summed E-state index contributed by atoms with van der Waals surface area (Å²) in [6, 6.07) is 17.1. The molecular weight excluding hydrogens is 448 g/mol. The predicted octanol–water partition coefficient (Wildman–Crippen LogP) is 4.17. The Hall–Kier alpha value is -2.91. The summed E-state index contributed by atoms with van der Waals surface area (Å²) in [6.45, 7) is 1.04. The summed E-state index contributed by atoms with van der Waals surface area (Å²) >= 11 is 7.22. The van der Waals surface area contributed by atoms with Crippen molar-refractivity contribution in [2.45, 2.75) is 12.6 Å². The van der Waals surface area contributed by atoms with Crippen molar-refractivity contribution in [1.82, 2.24) is 16.3 Å². The average molecular weight is 471 g/mol. The Morgan fingerprint density at radius 3 is 2.94 bits per heavy atom. The standard InChI is InChI=1S/C23H23ClN4O3S/c1-30-19-4-2-3-16(11-19)21-17(12-25-27-21)13-26-28-23(29)22-20(9-10-32-22)31-14-15-5-7-18(24)8-6-15/h2-11,13,17,21,25,27H,12,14H2,1H3,(H,28,29)/b26-13+. The number of thiophene rings is 1. The number of rotatable bonds is 8. The number of hydrazine groups is 1. The molecule has 7 nitrogen and oxygen atoms in total. The molecule has 4 rings (SSSR count). The first-order valence-electron chi connectivity index (χ1n) is 10.0. The number of hydrogen-bond donors (Lipinski definition) is 3. The molecule has 166 valence electrons. The summed E-state index contributed by atoms with van der Waals surface area (Å²) in [5.41, 5.74) is 11.1. The van der Waals surface area contributed by atoms with Crippen LogP contribution in [0.2, 0.25) is 5.02 Å². The molecule has 2 aromatic carbocycles. The van der Waals surface area contributed by atoms with Gasteiger partial charge >= 0.3 is 0 Å². The molecule has 0 radical (unpaired) electrons. The van der Waals surface area contributed by atoms with Gasteiger partial charge in [-0.25, -0.2) is 10.9 Å². The largest absolute Gasteiger partial charge is 0.497 e. The number of benzene rings is 2. The molecule has 3 aromatic rings. The molecule has 9 heteroatoms. The molecule has 0 aliphatic carbocycles. The van der Waals surface area contributed by atoms with Gasteiger partial charge in [0.1, 0.15) is 23.0 Å². The number of hydrazone groups is 1. The Labute approximate surface area is 195 Å². The minimum absolute atomic E-state index is 0.0192. The zero-order chi connectivity index (χ0) is 22.3. The van der Waals surface area contributed by atoms with Crippen LogP contribution in [-0.2, 0) is 6.61 Å². The van der Waals surface area contributed by atoms with Crippen LogP contribution in [0.4, 0.5) is 0 Å². The third-order valence-electron chi connectivity index (χ3n) is 5.05. The van der Waals surface area contributed by atoms with Crippen molar-refractivity contribution in [3.8, 4) is 11.5 Å². The fraction of sp³-hybridized carbons (Fsp3) is 0.217. The highest BCUT2D eigenvalue weighted by atomic mass is 35.5. The van der Waals surface area contributed by atoms with Gasteiger partial charge in [-0.15, -0.1) is 11.3 Å². The van der Waals surface area contributed by atoms with Crippen molar-refractivity contribution in [3.05, 3.63) is 81.0 Å². The second kappa shape index (κ2) is 10.6. The van der Waals surface area contributed by atoms with Crippen molar-refractivity contribution < 1.29 is 14.3 Å². The van der Waals surface area contributed by atoms with Gasteiger partial charge < -0.3 is 9.47 Å². The molecule has 32 heavy (non-hydrogen) atoms. The number of methoxy groups -OCH3 is 1. The van der Waals surface area contributed by atoms with E-state index in [9.17, 15) is 4.79 Å². The summed E-state index contributed by atoms with van der Waals surface area (Å²) in [6.07, 6.45) is 1.75. The van der Waals surface area contributed by atoms with Crippen LogP contribution in [0.1, 0.15) is 26.8 Å². The van der Waals surface area contributed by atoms with Crippen molar-refractivity contribution in [2.24, 2.45) is 11.0 Å². The molecule has 1 aliphatic heterocycles. The van der Waals surface area contributed by atoms with Crippen LogP contribution >= 0.6 is 22.9 Å². The molecule has 2 unspecified atom stereocenters. The van der Waals surface area contributed by atoms with Crippen LogP contribution in [-0.4, -0.2) is 25.8 Å². The highest BCUT2D eigenvalue weighted by molar-refractivity contribution is 7.12. The number of nitrogens with one attached hydrogen (secondary N) is 3. The van der Waals surface area contributed by atoms with Crippen LogP contribution in [0.25, 0.3) is 0 Å². The number of halogens is 1. The van der Waals surface area contributed by atoms with Gasteiger partial charge in [-0.1, -0.05) is 35.9 Å². The van der Waals surface area contributed by atoms with E-state index in [4.69, 9.17) is 21.1 Å². The van der Waals surface area contributed by atoms with Gasteiger partial charge in [0.05, 0.1) is 13.2 Å². The second-order valence-corrected chi connectivity index (χ2v) is 8.54. The van der Waals surface area contributed by atoms with Gasteiger partial charge in [-0.05, 0) is 46.8 Å². The van der Waals surface area contributed by atoms with Gasteiger partial charge in [0.2, 0.25) is 0 Å². The summed E-state index contributed by atoms with van der Waals surface area (Å²) in [5.74, 6) is 1.07. The van der Waals surface area contributed by atoms with Crippen molar-refractivity contribution in [2.75, 3.05) is 13.7 Å². The Balaban J connectivity index is 1.35. The Bertz CT molecular complexity index is 1090. The highest BCUT2D eigenvalue weighted by Crippen LogP contribution is 2.27. The monoisotopic (exact) mass is 470 g/mol. The van der Waals surface area contributed by atoms with Gasteiger partial charge in [-0.3, -0.25) is 10.2 Å². The van der Waals surface area contributed by atoms with E-state index in [1.54, 1.807) is 19.4 Å². The van der Waals surface area contributed by atoms with Crippen LogP contribution in [0.3, 0.4) is 0 Å². The van der Waals surface area contributed by atoms with Crippen LogP contribution in [0.15, 0.2) is 65.1 Å². The average Bonchev–Trinajstić information content (AvgIpc) is 3.48. The SMILES string of the molecule is COc1cccc(C2NNCC2/C=N/NC(=O)c2sccc2OCc2ccc(Cl)cc2)c1. The highest BCUT2D eigenvalue weighted by Gasteiger charge is 2.27. The molecular formula is C23H23ClN4O3S. The lowest BCUT2D eigenvalue weighted by Gasteiger charge is -2.16. The molecule has 0 spiro atoms. The number of carbonyl (C=O) groups is 1. The molecule has 0 saturated carbocycles. The van der Waals surface area contributed by atoms with E-state index < -0.39 is 0 Å². The molecule has 3 N–H and O–H groups in total. The minimum Gasteiger partial charge on any atom is -0.497 e. The van der Waals surface area contributed by atoms with Gasteiger partial charge in [0.25, 0.3) is 5.91 Å². The van der Waals surface area contributed by atoms with Gasteiger partial charge in [-0.2, -0.15) is 5.10 Å². The fourth-order valence-electron chi connectivity index (χ4n) is 3.38. The maximum atomic E-state index is 12.6. The third kappa shape index (κ3) is 5.46. The summed E-state index contributed by atoms with van der Waals surface area (Å²) in [5, 5.41) is 6.69. The van der Waals surface area contributed by atoms with E-state index in [2.05, 4.69) is 21.4 Å². The molecule has 1 saturated heterocycles. The van der Waals surface area contributed by atoms with Crippen LogP contribution in [0.5, 0.6) is 11.5 Å². The van der Waals surface area contributed by atoms with E-state index in [0.717, 1.165) is 16.9 Å². The smallest absolute Gasteiger partial charge is 0.285 e. The van der Waals surface area contributed by atoms with Crippen molar-refractivity contribution in [3.63, 3.8) is 0 Å². The second-order valence-electron chi connectivity index (χ2n) is 7.19. The maximum absolute atomic E-state index is 12.6. The quantitative estimate of drug-likeness (QED) is 0.340. The molecule has 1 fully saturated rings. The lowest BCUT2D eigenvalue weighted by Crippen LogP contribution is -2.25. The van der Waals surface area contributed by atoms with Gasteiger partial charge in [0, 0.05) is 23.7 Å². The predicted molar refractivity (Wildman–Crippen MR) is 126 cm³/mol.